The van der Waals surface area contributed by atoms with E-state index in [0.717, 1.165) is 22.8 Å². The number of nitrogens with one attached hydrogen (secondary N) is 2. The molecule has 110 valence electrons. The van der Waals surface area contributed by atoms with E-state index in [1.165, 1.54) is 0 Å². The summed E-state index contributed by atoms with van der Waals surface area (Å²) in [7, 11) is 0. The average molecular weight is 296 g/mol. The van der Waals surface area contributed by atoms with Crippen LogP contribution in [0.4, 0.5) is 0 Å². The van der Waals surface area contributed by atoms with Crippen LogP contribution in [0.5, 0.6) is 0 Å². The number of hydrogen-bond acceptors (Lipinski definition) is 6. The molecule has 0 saturated carbocycles. The van der Waals surface area contributed by atoms with E-state index in [2.05, 4.69) is 29.9 Å². The maximum absolute atomic E-state index is 10.3. The Bertz CT molecular complexity index is 824. The molecule has 0 atom stereocenters. The summed E-state index contributed by atoms with van der Waals surface area (Å²) < 4.78 is 0. The highest BCUT2D eigenvalue weighted by Crippen LogP contribution is 2.15. The summed E-state index contributed by atoms with van der Waals surface area (Å²) in [5, 5.41) is 8.72. The van der Waals surface area contributed by atoms with E-state index in [4.69, 9.17) is 5.11 Å². The third kappa shape index (κ3) is 2.81. The molecule has 0 aromatic heterocycles. The molecular weight excluding hydrogens is 284 g/mol. The molecule has 0 amide bonds. The molecular formula is C14H12N6O2. The second kappa shape index (κ2) is 6.10. The SMILES string of the molecule is O=Cc1ncc2nccc-2[nH]1.OCc1ncc2nccc-2[nH]1. The Morgan fingerprint density at radius 2 is 1.59 bits per heavy atom. The number of nitrogens with zero attached hydrogens (tertiary/aromatic N) is 4. The Labute approximate surface area is 125 Å². The van der Waals surface area contributed by atoms with Crippen LogP contribution in [0.15, 0.2) is 36.9 Å². The van der Waals surface area contributed by atoms with Crippen molar-refractivity contribution in [3.05, 3.63) is 48.6 Å². The molecule has 0 aromatic carbocycles. The first kappa shape index (κ1) is 13.8. The van der Waals surface area contributed by atoms with Crippen molar-refractivity contribution < 1.29 is 9.90 Å². The molecule has 4 aliphatic rings. The number of aldehydes is 1. The van der Waals surface area contributed by atoms with E-state index in [0.29, 0.717) is 17.9 Å². The number of H-pyrrole nitrogens is 2. The fourth-order valence-electron chi connectivity index (χ4n) is 1.88. The van der Waals surface area contributed by atoms with Gasteiger partial charge in [-0.05, 0) is 12.1 Å². The predicted molar refractivity (Wildman–Crippen MR) is 77.3 cm³/mol. The first-order valence-electron chi connectivity index (χ1n) is 6.44. The lowest BCUT2D eigenvalue weighted by molar-refractivity contribution is 0.111. The van der Waals surface area contributed by atoms with Gasteiger partial charge in [-0.3, -0.25) is 14.8 Å². The van der Waals surface area contributed by atoms with E-state index in [1.54, 1.807) is 30.9 Å². The topological polar surface area (TPSA) is 120 Å². The van der Waals surface area contributed by atoms with Crippen molar-refractivity contribution in [2.24, 2.45) is 0 Å². The highest BCUT2D eigenvalue weighted by molar-refractivity contribution is 5.71. The first-order chi connectivity index (χ1) is 10.8. The molecule has 8 nitrogen and oxygen atoms in total. The number of rotatable bonds is 2. The van der Waals surface area contributed by atoms with Gasteiger partial charge in [-0.25, -0.2) is 9.97 Å². The maximum atomic E-state index is 10.3. The third-order valence-electron chi connectivity index (χ3n) is 2.93. The smallest absolute Gasteiger partial charge is 0.185 e. The van der Waals surface area contributed by atoms with Gasteiger partial charge in [0.2, 0.25) is 0 Å². The molecule has 8 heteroatoms. The van der Waals surface area contributed by atoms with Gasteiger partial charge in [-0.2, -0.15) is 0 Å². The van der Waals surface area contributed by atoms with Crippen LogP contribution in [0, 0.1) is 0 Å². The van der Waals surface area contributed by atoms with Crippen molar-refractivity contribution in [1.82, 2.24) is 29.9 Å². The van der Waals surface area contributed by atoms with Crippen molar-refractivity contribution in [3.63, 3.8) is 0 Å². The zero-order chi connectivity index (χ0) is 15.4. The molecule has 0 saturated heterocycles. The molecule has 4 aliphatic heterocycles. The zero-order valence-electron chi connectivity index (χ0n) is 11.4. The lowest BCUT2D eigenvalue weighted by atomic mass is 10.3. The third-order valence-corrected chi connectivity index (χ3v) is 2.93. The van der Waals surface area contributed by atoms with Gasteiger partial charge in [0.1, 0.15) is 23.8 Å². The Hall–Kier alpha value is -3.13. The second-order valence-electron chi connectivity index (χ2n) is 4.36. The van der Waals surface area contributed by atoms with Gasteiger partial charge < -0.3 is 15.1 Å². The first-order valence-corrected chi connectivity index (χ1v) is 6.44. The summed E-state index contributed by atoms with van der Waals surface area (Å²) in [6, 6.07) is 3.64. The molecule has 4 heterocycles. The lowest BCUT2D eigenvalue weighted by Gasteiger charge is -1.99. The van der Waals surface area contributed by atoms with Crippen LogP contribution < -0.4 is 0 Å². The summed E-state index contributed by atoms with van der Waals surface area (Å²) in [5.74, 6) is 0.885. The number of aliphatic hydroxyl groups is 1. The van der Waals surface area contributed by atoms with Gasteiger partial charge in [0.05, 0.1) is 23.8 Å². The fraction of sp³-hybridized carbons (Fsp3) is 0.0714. The van der Waals surface area contributed by atoms with Crippen LogP contribution in [-0.2, 0) is 6.61 Å². The number of aliphatic hydroxyl groups excluding tert-OH is 1. The van der Waals surface area contributed by atoms with Crippen molar-refractivity contribution >= 4 is 6.29 Å². The number of hydrogen-bond donors (Lipinski definition) is 3. The molecule has 3 N–H and O–H groups in total. The number of carbonyl (C=O) groups is 1. The van der Waals surface area contributed by atoms with Gasteiger partial charge in [-0.15, -0.1) is 0 Å². The summed E-state index contributed by atoms with van der Waals surface area (Å²) in [6.07, 6.45) is 7.24. The number of fused-ring (bicyclic) bond motifs is 2. The molecule has 22 heavy (non-hydrogen) atoms. The van der Waals surface area contributed by atoms with Crippen LogP contribution in [-0.4, -0.2) is 41.3 Å². The summed E-state index contributed by atoms with van der Waals surface area (Å²) in [5.41, 5.74) is 3.34. The number of aromatic amines is 2. The van der Waals surface area contributed by atoms with Crippen molar-refractivity contribution in [2.45, 2.75) is 6.61 Å². The van der Waals surface area contributed by atoms with Crippen molar-refractivity contribution in [2.75, 3.05) is 0 Å². The Kier molecular flexibility index (Phi) is 3.84. The minimum absolute atomic E-state index is 0.0683. The normalized spacial score (nSPS) is 10.4. The highest BCUT2D eigenvalue weighted by Gasteiger charge is 2.04. The Morgan fingerprint density at radius 3 is 2.23 bits per heavy atom. The molecule has 0 aromatic rings. The number of carbonyl (C=O) groups excluding carboxylic acids is 1. The quantitative estimate of drug-likeness (QED) is 0.477. The molecule has 0 aliphatic carbocycles. The lowest BCUT2D eigenvalue weighted by Crippen LogP contribution is -1.95. The fourth-order valence-corrected chi connectivity index (χ4v) is 1.88. The van der Waals surface area contributed by atoms with Gasteiger partial charge in [-0.1, -0.05) is 0 Å². The monoisotopic (exact) mass is 296 g/mol. The van der Waals surface area contributed by atoms with E-state index in [1.807, 2.05) is 6.07 Å². The second-order valence-corrected chi connectivity index (χ2v) is 4.36. The van der Waals surface area contributed by atoms with E-state index in [9.17, 15) is 4.79 Å². The predicted octanol–water partition coefficient (Wildman–Crippen LogP) is 1.12. The minimum atomic E-state index is -0.0683. The summed E-state index contributed by atoms with van der Waals surface area (Å²) >= 11 is 0. The average Bonchev–Trinajstić information content (AvgIpc) is 3.22. The minimum Gasteiger partial charge on any atom is -0.388 e. The molecule has 0 fully saturated rings. The van der Waals surface area contributed by atoms with Crippen LogP contribution >= 0.6 is 0 Å². The zero-order valence-corrected chi connectivity index (χ0v) is 11.4. The number of aromatic nitrogens is 6. The Morgan fingerprint density at radius 1 is 0.955 bits per heavy atom. The van der Waals surface area contributed by atoms with E-state index in [-0.39, 0.29) is 6.61 Å². The molecule has 0 bridgehead atoms. The Balaban J connectivity index is 0.000000131. The maximum Gasteiger partial charge on any atom is 0.185 e. The molecule has 0 radical (unpaired) electrons. The highest BCUT2D eigenvalue weighted by atomic mass is 16.3. The summed E-state index contributed by atoms with van der Waals surface area (Å²) in [6.45, 7) is -0.0683. The molecule has 0 unspecified atom stereocenters. The van der Waals surface area contributed by atoms with Gasteiger partial charge in [0, 0.05) is 12.4 Å². The van der Waals surface area contributed by atoms with Crippen LogP contribution in [0.3, 0.4) is 0 Å². The van der Waals surface area contributed by atoms with Crippen molar-refractivity contribution in [3.8, 4) is 22.8 Å². The van der Waals surface area contributed by atoms with Crippen LogP contribution in [0.2, 0.25) is 0 Å². The molecule has 4 rings (SSSR count). The van der Waals surface area contributed by atoms with Gasteiger partial charge in [0.25, 0.3) is 0 Å². The standard InChI is InChI=1S/C7H7N3O.C7H5N3O/c2*11-4-7-9-3-6-5(10-7)1-2-8-6/h1-3,11H,4H2,(H,9,10);1-4H,(H,9,10). The van der Waals surface area contributed by atoms with Gasteiger partial charge in [0.15, 0.2) is 12.1 Å². The van der Waals surface area contributed by atoms with Crippen LogP contribution in [0.1, 0.15) is 16.4 Å². The molecule has 0 spiro atoms. The van der Waals surface area contributed by atoms with Crippen LogP contribution in [0.25, 0.3) is 22.8 Å². The van der Waals surface area contributed by atoms with E-state index >= 15 is 0 Å². The van der Waals surface area contributed by atoms with Gasteiger partial charge >= 0.3 is 0 Å². The van der Waals surface area contributed by atoms with Crippen molar-refractivity contribution in [1.29, 1.82) is 0 Å². The largest absolute Gasteiger partial charge is 0.388 e. The van der Waals surface area contributed by atoms with E-state index < -0.39 is 0 Å². The summed E-state index contributed by atoms with van der Waals surface area (Å²) in [4.78, 5) is 31.7.